The summed E-state index contributed by atoms with van der Waals surface area (Å²) in [6.07, 6.45) is 0.924. The smallest absolute Gasteiger partial charge is 0.258 e. The van der Waals surface area contributed by atoms with Gasteiger partial charge in [-0.25, -0.2) is 0 Å². The van der Waals surface area contributed by atoms with Crippen molar-refractivity contribution in [1.82, 2.24) is 4.57 Å². The maximum absolute atomic E-state index is 13.2. The van der Waals surface area contributed by atoms with E-state index in [0.717, 1.165) is 17.7 Å². The van der Waals surface area contributed by atoms with Crippen LogP contribution in [0.4, 0.5) is 5.69 Å². The van der Waals surface area contributed by atoms with Crippen molar-refractivity contribution >= 4 is 22.5 Å². The first-order valence-electron chi connectivity index (χ1n) is 8.46. The number of benzene rings is 2. The van der Waals surface area contributed by atoms with Gasteiger partial charge in [0.2, 0.25) is 0 Å². The minimum Gasteiger partial charge on any atom is -0.348 e. The van der Waals surface area contributed by atoms with Gasteiger partial charge in [0.1, 0.15) is 0 Å². The molecule has 1 aliphatic heterocycles. The molecular weight excluding hydrogens is 296 g/mol. The van der Waals surface area contributed by atoms with Gasteiger partial charge >= 0.3 is 0 Å². The van der Waals surface area contributed by atoms with Crippen LogP contribution in [-0.4, -0.2) is 16.5 Å². The lowest BCUT2D eigenvalue weighted by Crippen LogP contribution is -2.35. The molecule has 0 aliphatic carbocycles. The molecule has 1 aliphatic rings. The predicted molar refractivity (Wildman–Crippen MR) is 98.8 cm³/mol. The summed E-state index contributed by atoms with van der Waals surface area (Å²) in [6.45, 7) is 6.36. The van der Waals surface area contributed by atoms with Crippen LogP contribution in [0, 0.1) is 13.8 Å². The Morgan fingerprint density at radius 2 is 1.88 bits per heavy atom. The van der Waals surface area contributed by atoms with E-state index in [4.69, 9.17) is 0 Å². The molecule has 0 bridgehead atoms. The molecule has 1 amide bonds. The second-order valence-electron chi connectivity index (χ2n) is 6.86. The molecule has 0 N–H and O–H groups in total. The summed E-state index contributed by atoms with van der Waals surface area (Å²) >= 11 is 0. The van der Waals surface area contributed by atoms with Crippen molar-refractivity contribution < 1.29 is 4.79 Å². The van der Waals surface area contributed by atoms with Crippen molar-refractivity contribution in [3.05, 3.63) is 64.8 Å². The molecule has 0 saturated heterocycles. The summed E-state index contributed by atoms with van der Waals surface area (Å²) in [5, 5.41) is 1.17. The Bertz CT molecular complexity index is 967. The van der Waals surface area contributed by atoms with Gasteiger partial charge in [-0.1, -0.05) is 18.2 Å². The van der Waals surface area contributed by atoms with Gasteiger partial charge in [-0.05, 0) is 62.6 Å². The Hall–Kier alpha value is -2.55. The molecule has 0 fully saturated rings. The van der Waals surface area contributed by atoms with Gasteiger partial charge < -0.3 is 9.47 Å². The highest BCUT2D eigenvalue weighted by Crippen LogP contribution is 2.34. The van der Waals surface area contributed by atoms with Crippen LogP contribution in [0.3, 0.4) is 0 Å². The quantitative estimate of drug-likeness (QED) is 0.653. The minimum atomic E-state index is 0.0928. The lowest BCUT2D eigenvalue weighted by molar-refractivity contribution is 0.0981. The van der Waals surface area contributed by atoms with Crippen LogP contribution < -0.4 is 4.90 Å². The van der Waals surface area contributed by atoms with Gasteiger partial charge in [0, 0.05) is 40.9 Å². The Morgan fingerprint density at radius 1 is 1.12 bits per heavy atom. The van der Waals surface area contributed by atoms with E-state index in [1.807, 2.05) is 35.2 Å². The first-order valence-corrected chi connectivity index (χ1v) is 8.46. The van der Waals surface area contributed by atoms with Crippen molar-refractivity contribution in [1.29, 1.82) is 0 Å². The van der Waals surface area contributed by atoms with Crippen molar-refractivity contribution in [3.8, 4) is 0 Å². The van der Waals surface area contributed by atoms with Crippen LogP contribution in [0.15, 0.2) is 42.5 Å². The summed E-state index contributed by atoms with van der Waals surface area (Å²) in [7, 11) is 2.07. The minimum absolute atomic E-state index is 0.0928. The zero-order chi connectivity index (χ0) is 17.0. The van der Waals surface area contributed by atoms with Crippen LogP contribution in [-0.2, 0) is 13.5 Å². The third-order valence-corrected chi connectivity index (χ3v) is 5.48. The lowest BCUT2D eigenvalue weighted by atomic mass is 10.1. The van der Waals surface area contributed by atoms with E-state index in [1.54, 1.807) is 0 Å². The number of para-hydroxylation sites is 1. The fourth-order valence-corrected chi connectivity index (χ4v) is 3.90. The Labute approximate surface area is 142 Å². The van der Waals surface area contributed by atoms with Crippen molar-refractivity contribution in [3.63, 3.8) is 0 Å². The van der Waals surface area contributed by atoms with Crippen molar-refractivity contribution in [2.75, 3.05) is 4.90 Å². The maximum Gasteiger partial charge on any atom is 0.258 e. The van der Waals surface area contributed by atoms with E-state index < -0.39 is 0 Å². The van der Waals surface area contributed by atoms with Gasteiger partial charge in [0.05, 0.1) is 0 Å². The van der Waals surface area contributed by atoms with E-state index in [9.17, 15) is 4.79 Å². The lowest BCUT2D eigenvalue weighted by Gasteiger charge is -2.23. The third-order valence-electron chi connectivity index (χ3n) is 5.48. The number of carbonyl (C=O) groups excluding carboxylic acids is 1. The first kappa shape index (κ1) is 15.0. The summed E-state index contributed by atoms with van der Waals surface area (Å²) < 4.78 is 2.19. The number of hydrogen-bond acceptors (Lipinski definition) is 1. The van der Waals surface area contributed by atoms with Gasteiger partial charge in [0.25, 0.3) is 5.91 Å². The second kappa shape index (κ2) is 5.23. The molecule has 0 spiro atoms. The topological polar surface area (TPSA) is 25.2 Å². The Morgan fingerprint density at radius 3 is 2.67 bits per heavy atom. The first-order chi connectivity index (χ1) is 11.5. The number of aryl methyl sites for hydroxylation is 2. The largest absolute Gasteiger partial charge is 0.348 e. The number of hydrogen-bond donors (Lipinski definition) is 0. The second-order valence-corrected chi connectivity index (χ2v) is 6.86. The fourth-order valence-electron chi connectivity index (χ4n) is 3.90. The van der Waals surface area contributed by atoms with Crippen LogP contribution in [0.2, 0.25) is 0 Å². The highest BCUT2D eigenvalue weighted by atomic mass is 16.2. The normalized spacial score (nSPS) is 16.7. The van der Waals surface area contributed by atoms with Crippen LogP contribution in [0.5, 0.6) is 0 Å². The molecular formula is C21H22N2O. The molecule has 1 unspecified atom stereocenters. The number of aromatic nitrogens is 1. The predicted octanol–water partition coefficient (Wildman–Crippen LogP) is 4.39. The number of carbonyl (C=O) groups is 1. The molecule has 2 aromatic carbocycles. The van der Waals surface area contributed by atoms with Gasteiger partial charge in [0.15, 0.2) is 0 Å². The molecule has 1 aromatic heterocycles. The molecule has 3 heteroatoms. The van der Waals surface area contributed by atoms with E-state index in [1.165, 1.54) is 27.7 Å². The maximum atomic E-state index is 13.2. The average molecular weight is 318 g/mol. The van der Waals surface area contributed by atoms with E-state index in [2.05, 4.69) is 44.5 Å². The third kappa shape index (κ3) is 2.01. The van der Waals surface area contributed by atoms with Crippen molar-refractivity contribution in [2.45, 2.75) is 33.2 Å². The monoisotopic (exact) mass is 318 g/mol. The average Bonchev–Trinajstić information content (AvgIpc) is 3.03. The molecule has 1 atom stereocenters. The summed E-state index contributed by atoms with van der Waals surface area (Å²) in [5.74, 6) is 0.0928. The van der Waals surface area contributed by atoms with Crippen LogP contribution in [0.1, 0.15) is 34.1 Å². The van der Waals surface area contributed by atoms with Crippen LogP contribution >= 0.6 is 0 Å². The Balaban J connectivity index is 1.80. The molecule has 3 nitrogen and oxygen atoms in total. The zero-order valence-corrected chi connectivity index (χ0v) is 14.6. The number of rotatable bonds is 1. The van der Waals surface area contributed by atoms with Crippen LogP contribution in [0.25, 0.3) is 10.9 Å². The van der Waals surface area contributed by atoms with Crippen molar-refractivity contribution in [2.24, 2.45) is 7.05 Å². The Kier molecular flexibility index (Phi) is 3.27. The number of nitrogens with zero attached hydrogens (tertiary/aromatic N) is 2. The van der Waals surface area contributed by atoms with Gasteiger partial charge in [-0.15, -0.1) is 0 Å². The van der Waals surface area contributed by atoms with E-state index in [0.29, 0.717) is 0 Å². The summed E-state index contributed by atoms with van der Waals surface area (Å²) in [4.78, 5) is 15.1. The van der Waals surface area contributed by atoms with E-state index >= 15 is 0 Å². The highest BCUT2D eigenvalue weighted by molar-refractivity contribution is 6.09. The van der Waals surface area contributed by atoms with Gasteiger partial charge in [-0.2, -0.15) is 0 Å². The SMILES string of the molecule is Cc1c(C)n(C)c2ccc(C(=O)N3c4ccccc4CC3C)cc12. The molecule has 2 heterocycles. The molecule has 3 aromatic rings. The highest BCUT2D eigenvalue weighted by Gasteiger charge is 2.31. The molecule has 24 heavy (non-hydrogen) atoms. The fraction of sp³-hybridized carbons (Fsp3) is 0.286. The summed E-state index contributed by atoms with van der Waals surface area (Å²) in [5.41, 5.74) is 6.74. The zero-order valence-electron chi connectivity index (χ0n) is 14.6. The molecule has 0 saturated carbocycles. The molecule has 4 rings (SSSR count). The number of anilines is 1. The summed E-state index contributed by atoms with van der Waals surface area (Å²) in [6, 6.07) is 14.5. The van der Waals surface area contributed by atoms with Gasteiger partial charge in [-0.3, -0.25) is 4.79 Å². The molecule has 122 valence electrons. The number of amides is 1. The number of fused-ring (bicyclic) bond motifs is 2. The molecule has 0 radical (unpaired) electrons. The van der Waals surface area contributed by atoms with E-state index in [-0.39, 0.29) is 11.9 Å². The standard InChI is InChI=1S/C21H22N2O/c1-13-11-16-7-5-6-8-19(16)23(13)21(24)17-9-10-20-18(12-17)14(2)15(3)22(20)4/h5-10,12-13H,11H2,1-4H3.